The molecular formula is C36H45F5IN6O14PS2. The Morgan fingerprint density at radius 2 is 1.49 bits per heavy atom. The number of anilines is 1. The van der Waals surface area contributed by atoms with E-state index in [2.05, 4.69) is 33.3 Å². The van der Waals surface area contributed by atoms with Gasteiger partial charge in [-0.15, -0.1) is 0 Å². The van der Waals surface area contributed by atoms with E-state index in [1.54, 1.807) is 13.8 Å². The molecule has 20 nitrogen and oxygen atoms in total. The molecular weight excluding hydrogens is 1060 g/mol. The second kappa shape index (κ2) is 23.9. The second-order valence-corrected chi connectivity index (χ2v) is 20.2. The number of nitrogens with zero attached hydrogens (tertiary/aromatic N) is 4. The van der Waals surface area contributed by atoms with Crippen molar-refractivity contribution < 1.29 is 88.1 Å². The Kier molecular flexibility index (Phi) is 19.8. The third-order valence-corrected chi connectivity index (χ3v) is 12.4. The second-order valence-electron chi connectivity index (χ2n) is 15.5. The van der Waals surface area contributed by atoms with E-state index in [1.165, 1.54) is 38.8 Å². The molecule has 362 valence electrons. The van der Waals surface area contributed by atoms with Crippen molar-refractivity contribution in [3.63, 3.8) is 0 Å². The van der Waals surface area contributed by atoms with Gasteiger partial charge in [0, 0.05) is 49.1 Å². The average Bonchev–Trinajstić information content (AvgIpc) is 3.81. The van der Waals surface area contributed by atoms with Crippen molar-refractivity contribution in [2.45, 2.75) is 72.5 Å². The van der Waals surface area contributed by atoms with Gasteiger partial charge in [0.15, 0.2) is 35.4 Å². The Hall–Kier alpha value is -3.64. The van der Waals surface area contributed by atoms with Gasteiger partial charge in [-0.25, -0.2) is 37.5 Å². The number of rotatable bonds is 24. The van der Waals surface area contributed by atoms with Gasteiger partial charge in [0.25, 0.3) is 0 Å². The molecule has 3 heterocycles. The van der Waals surface area contributed by atoms with Crippen molar-refractivity contribution in [3.8, 4) is 5.75 Å². The van der Waals surface area contributed by atoms with Crippen LogP contribution < -0.4 is 13.6 Å². The fraction of sp³-hybridized carbons (Fsp3) is 0.583. The van der Waals surface area contributed by atoms with E-state index in [0.29, 0.717) is 17.1 Å². The van der Waals surface area contributed by atoms with Gasteiger partial charge in [0.1, 0.15) is 19.0 Å². The molecule has 29 heteroatoms. The first-order valence-electron chi connectivity index (χ1n) is 19.1. The van der Waals surface area contributed by atoms with Gasteiger partial charge in [-0.3, -0.25) is 28.0 Å². The van der Waals surface area contributed by atoms with E-state index in [4.69, 9.17) is 28.0 Å². The first-order chi connectivity index (χ1) is 30.5. The summed E-state index contributed by atoms with van der Waals surface area (Å²) in [6.07, 6.45) is -3.85. The average molecular weight is 1100 g/mol. The minimum absolute atomic E-state index is 0.0695. The van der Waals surface area contributed by atoms with Crippen LogP contribution in [0.4, 0.5) is 32.6 Å². The number of benzene rings is 1. The third kappa shape index (κ3) is 15.7. The zero-order chi connectivity index (χ0) is 48.3. The van der Waals surface area contributed by atoms with Crippen LogP contribution in [0, 0.1) is 39.9 Å². The number of nitrogens with one attached hydrogen (secondary N) is 2. The lowest BCUT2D eigenvalue weighted by Gasteiger charge is -2.29. The Balaban J connectivity index is 1.15. The lowest BCUT2D eigenvalue weighted by atomic mass is 9.93. The van der Waals surface area contributed by atoms with Gasteiger partial charge in [-0.2, -0.15) is 8.78 Å². The number of ether oxygens (including phenoxy) is 6. The molecule has 1 aromatic carbocycles. The Bertz CT molecular complexity index is 2210. The van der Waals surface area contributed by atoms with Crippen LogP contribution in [0.2, 0.25) is 0 Å². The normalized spacial score (nSPS) is 18.5. The predicted molar refractivity (Wildman–Crippen MR) is 229 cm³/mol. The van der Waals surface area contributed by atoms with Crippen molar-refractivity contribution in [3.05, 3.63) is 41.7 Å². The number of amides is 1. The zero-order valence-electron chi connectivity index (χ0n) is 35.4. The van der Waals surface area contributed by atoms with E-state index in [1.807, 2.05) is 36.7 Å². The van der Waals surface area contributed by atoms with Gasteiger partial charge in [-0.1, -0.05) is 49.3 Å². The molecule has 1 fully saturated rings. The highest BCUT2D eigenvalue weighted by atomic mass is 127. The Labute approximate surface area is 389 Å². The fourth-order valence-electron chi connectivity index (χ4n) is 5.61. The summed E-state index contributed by atoms with van der Waals surface area (Å²) >= 11 is 1.87. The number of aromatic nitrogens is 4. The molecule has 2 aromatic heterocycles. The maximum absolute atomic E-state index is 13.7. The summed E-state index contributed by atoms with van der Waals surface area (Å²) in [5, 5.41) is 2.81. The smallest absolute Gasteiger partial charge is 0.456 e. The molecule has 0 bridgehead atoms. The van der Waals surface area contributed by atoms with Crippen LogP contribution in [0.1, 0.15) is 54.2 Å². The summed E-state index contributed by atoms with van der Waals surface area (Å²) in [6.45, 7) is 8.64. The van der Waals surface area contributed by atoms with Crippen molar-refractivity contribution in [2.24, 2.45) is 10.8 Å². The molecule has 4 rings (SSSR count). The third-order valence-electron chi connectivity index (χ3n) is 8.62. The van der Waals surface area contributed by atoms with Crippen LogP contribution in [0.3, 0.4) is 0 Å². The number of fused-ring (bicyclic) bond motifs is 1. The molecule has 0 saturated carbocycles. The monoisotopic (exact) mass is 1100 g/mol. The minimum Gasteiger partial charge on any atom is -0.456 e. The molecule has 3 aromatic rings. The maximum Gasteiger partial charge on any atom is 0.514 e. The molecule has 5 atom stereocenters. The Morgan fingerprint density at radius 1 is 0.877 bits per heavy atom. The molecule has 1 aliphatic rings. The first-order valence-corrected chi connectivity index (χ1v) is 24.1. The van der Waals surface area contributed by atoms with Crippen molar-refractivity contribution in [1.82, 2.24) is 24.8 Å². The number of esters is 2. The van der Waals surface area contributed by atoms with Crippen LogP contribution in [-0.4, -0.2) is 118 Å². The van der Waals surface area contributed by atoms with Gasteiger partial charge in [0.2, 0.25) is 40.7 Å². The lowest BCUT2D eigenvalue weighted by Crippen LogP contribution is -2.40. The highest BCUT2D eigenvalue weighted by Crippen LogP contribution is 2.46. The number of imidazole rings is 1. The van der Waals surface area contributed by atoms with E-state index in [0.717, 1.165) is 13.8 Å². The summed E-state index contributed by atoms with van der Waals surface area (Å²) in [7, 11) is -2.34. The molecule has 0 aliphatic carbocycles. The van der Waals surface area contributed by atoms with Gasteiger partial charge >= 0.3 is 25.9 Å². The van der Waals surface area contributed by atoms with Crippen LogP contribution in [0.25, 0.3) is 11.2 Å². The number of phosphoric ester groups is 1. The van der Waals surface area contributed by atoms with Crippen molar-refractivity contribution in [1.29, 1.82) is 0 Å². The number of hydrogen-bond donors (Lipinski definition) is 3. The van der Waals surface area contributed by atoms with E-state index >= 15 is 0 Å². The number of phosphoric acid groups is 1. The highest BCUT2D eigenvalue weighted by Gasteiger charge is 2.51. The summed E-state index contributed by atoms with van der Waals surface area (Å²) in [5.41, 5.74) is -0.716. The molecule has 65 heavy (non-hydrogen) atoms. The first kappa shape index (κ1) is 54.0. The van der Waals surface area contributed by atoms with Crippen molar-refractivity contribution >= 4 is 93.3 Å². The molecule has 0 spiro atoms. The summed E-state index contributed by atoms with van der Waals surface area (Å²) in [5.74, 6) is -14.3. The molecule has 5 unspecified atom stereocenters. The predicted octanol–water partition coefficient (Wildman–Crippen LogP) is 6.35. The van der Waals surface area contributed by atoms with Crippen molar-refractivity contribution in [2.75, 3.05) is 54.6 Å². The summed E-state index contributed by atoms with van der Waals surface area (Å²) in [4.78, 5) is 71.7. The van der Waals surface area contributed by atoms with Crippen LogP contribution in [-0.2, 0) is 51.7 Å². The minimum atomic E-state index is -4.77. The number of carbonyl (C=O) groups is 4. The molecule has 3 N–H and O–H groups in total. The van der Waals surface area contributed by atoms with Gasteiger partial charge < -0.3 is 42.2 Å². The Morgan fingerprint density at radius 3 is 2.14 bits per heavy atom. The topological polar surface area (TPSA) is 247 Å². The molecule has 1 aliphatic heterocycles. The summed E-state index contributed by atoms with van der Waals surface area (Å²) in [6, 6.07) is 0. The van der Waals surface area contributed by atoms with E-state index in [9.17, 15) is 50.6 Å². The SMILES string of the molecule is CC(=O)OC1C(COP(=O)(O)OCC(C)(C)COCC(C)(C)CNC(=O)CCSSCCOC(=O)Oc2c(F)c(F)c(F)c(F)c2F)OC(n2cnc3c(NI)ncnc32)C1OC(C)=O. The number of hydrogen-bond acceptors (Lipinski definition) is 19. The molecule has 0 radical (unpaired) electrons. The lowest BCUT2D eigenvalue weighted by molar-refractivity contribution is -0.165. The fourth-order valence-corrected chi connectivity index (χ4v) is 8.74. The zero-order valence-corrected chi connectivity index (χ0v) is 40.1. The van der Waals surface area contributed by atoms with E-state index in [-0.39, 0.29) is 56.7 Å². The summed E-state index contributed by atoms with van der Waals surface area (Å²) < 4.78 is 127. The highest BCUT2D eigenvalue weighted by molar-refractivity contribution is 14.1. The van der Waals surface area contributed by atoms with Gasteiger partial charge in [-0.05, 0) is 0 Å². The molecule has 1 amide bonds. The number of carbonyl (C=O) groups excluding carboxylic acids is 4. The molecule has 1 saturated heterocycles. The number of halogens is 6. The quantitative estimate of drug-likeness (QED) is 0.00756. The van der Waals surface area contributed by atoms with Crippen LogP contribution in [0.15, 0.2) is 12.7 Å². The van der Waals surface area contributed by atoms with Gasteiger partial charge in [0.05, 0.1) is 55.6 Å². The van der Waals surface area contributed by atoms with Crippen LogP contribution >= 0.6 is 52.3 Å². The largest absolute Gasteiger partial charge is 0.514 e. The standard InChI is InChI=1S/C36H45F5IN6O14PS2/c1-18(49)59-28-20(61-33(30(28)60-19(2)50)48-17-46-27-31(47-42)44-16-45-32(27)48)11-57-63(53,54)58-15-36(5,6)14-55-13-35(3,4)12-43-21(51)7-9-64-65-10-8-56-34(52)62-29-25(40)23(38)22(37)24(39)26(29)41/h16-17,20,28,30,33H,7-15H2,1-6H3,(H,43,51)(H,53,54)(H,44,45,47). The van der Waals surface area contributed by atoms with E-state index < -0.39 is 103 Å². The maximum atomic E-state index is 13.7. The van der Waals surface area contributed by atoms with Crippen LogP contribution in [0.5, 0.6) is 5.75 Å².